The lowest BCUT2D eigenvalue weighted by atomic mass is 9.84. The van der Waals surface area contributed by atoms with Crippen molar-refractivity contribution in [3.63, 3.8) is 0 Å². The Morgan fingerprint density at radius 2 is 1.85 bits per heavy atom. The van der Waals surface area contributed by atoms with E-state index in [4.69, 9.17) is 11.6 Å². The van der Waals surface area contributed by atoms with E-state index >= 15 is 0 Å². The Labute approximate surface area is 158 Å². The summed E-state index contributed by atoms with van der Waals surface area (Å²) < 4.78 is 14.0. The van der Waals surface area contributed by atoms with Crippen molar-refractivity contribution < 1.29 is 14.0 Å². The van der Waals surface area contributed by atoms with E-state index in [0.29, 0.717) is 23.4 Å². The quantitative estimate of drug-likeness (QED) is 0.804. The number of urea groups is 1. The predicted molar refractivity (Wildman–Crippen MR) is 98.2 cm³/mol. The molecule has 0 unspecified atom stereocenters. The summed E-state index contributed by atoms with van der Waals surface area (Å²) in [7, 11) is 1.74. The number of halogens is 2. The molecule has 1 aliphatic heterocycles. The SMILES string of the molecule is CN(Cc1c(F)cccc1Cl)CN1C(=O)NC2(CCCCCCC2)C1=O. The summed E-state index contributed by atoms with van der Waals surface area (Å²) in [5.74, 6) is -0.547. The van der Waals surface area contributed by atoms with Gasteiger partial charge in [-0.25, -0.2) is 14.1 Å². The second-order valence-electron chi connectivity index (χ2n) is 7.37. The minimum atomic E-state index is -0.756. The third-order valence-corrected chi connectivity index (χ3v) is 5.68. The maximum absolute atomic E-state index is 14.0. The van der Waals surface area contributed by atoms with Crippen molar-refractivity contribution >= 4 is 23.5 Å². The van der Waals surface area contributed by atoms with E-state index in [1.807, 2.05) is 0 Å². The van der Waals surface area contributed by atoms with Crippen molar-refractivity contribution in [1.29, 1.82) is 0 Å². The Balaban J connectivity index is 1.69. The van der Waals surface area contributed by atoms with Crippen LogP contribution in [-0.4, -0.2) is 41.0 Å². The number of imide groups is 1. The molecule has 142 valence electrons. The second-order valence-corrected chi connectivity index (χ2v) is 7.78. The summed E-state index contributed by atoms with van der Waals surface area (Å²) in [4.78, 5) is 28.4. The molecule has 7 heteroatoms. The smallest absolute Gasteiger partial charge is 0.323 e. The average Bonchev–Trinajstić information content (AvgIpc) is 2.80. The van der Waals surface area contributed by atoms with E-state index in [0.717, 1.165) is 25.7 Å². The van der Waals surface area contributed by atoms with Crippen LogP contribution in [0.3, 0.4) is 0 Å². The zero-order valence-corrected chi connectivity index (χ0v) is 15.8. The number of rotatable bonds is 4. The molecule has 1 N–H and O–H groups in total. The van der Waals surface area contributed by atoms with Gasteiger partial charge in [0.1, 0.15) is 11.4 Å². The molecule has 1 saturated carbocycles. The van der Waals surface area contributed by atoms with Crippen LogP contribution in [0.2, 0.25) is 5.02 Å². The Hall–Kier alpha value is -1.66. The molecule has 1 aromatic carbocycles. The van der Waals surface area contributed by atoms with Gasteiger partial charge >= 0.3 is 6.03 Å². The summed E-state index contributed by atoms with van der Waals surface area (Å²) in [5, 5.41) is 3.28. The van der Waals surface area contributed by atoms with Crippen LogP contribution in [0.15, 0.2) is 18.2 Å². The monoisotopic (exact) mass is 381 g/mol. The van der Waals surface area contributed by atoms with E-state index in [9.17, 15) is 14.0 Å². The van der Waals surface area contributed by atoms with Gasteiger partial charge in [-0.15, -0.1) is 0 Å². The summed E-state index contributed by atoms with van der Waals surface area (Å²) in [6.07, 6.45) is 6.65. The van der Waals surface area contributed by atoms with Gasteiger partial charge in [0, 0.05) is 17.1 Å². The standard InChI is InChI=1S/C19H25ClFN3O2/c1-23(12-14-15(20)8-7-9-16(14)21)13-24-17(25)19(22-18(24)26)10-5-3-2-4-6-11-19/h7-9H,2-6,10-13H2,1H3,(H,22,26). The number of hydrogen-bond donors (Lipinski definition) is 1. The Morgan fingerprint density at radius 3 is 2.50 bits per heavy atom. The molecule has 3 amide bonds. The van der Waals surface area contributed by atoms with Crippen molar-refractivity contribution in [3.05, 3.63) is 34.6 Å². The molecule has 0 atom stereocenters. The molecule has 1 aliphatic carbocycles. The van der Waals surface area contributed by atoms with Crippen LogP contribution in [0.4, 0.5) is 9.18 Å². The highest BCUT2D eigenvalue weighted by Crippen LogP contribution is 2.32. The highest BCUT2D eigenvalue weighted by Gasteiger charge is 2.50. The molecule has 0 bridgehead atoms. The highest BCUT2D eigenvalue weighted by molar-refractivity contribution is 6.31. The van der Waals surface area contributed by atoms with Gasteiger partial charge < -0.3 is 5.32 Å². The second kappa shape index (κ2) is 7.92. The minimum Gasteiger partial charge on any atom is -0.323 e. The van der Waals surface area contributed by atoms with Gasteiger partial charge in [0.25, 0.3) is 5.91 Å². The number of benzene rings is 1. The van der Waals surface area contributed by atoms with Crippen LogP contribution < -0.4 is 5.32 Å². The molecule has 2 fully saturated rings. The van der Waals surface area contributed by atoms with Gasteiger partial charge in [0.2, 0.25) is 0 Å². The number of nitrogens with zero attached hydrogens (tertiary/aromatic N) is 2. The Bertz CT molecular complexity index is 669. The first-order valence-corrected chi connectivity index (χ1v) is 9.56. The molecule has 1 aromatic rings. The molecule has 0 radical (unpaired) electrons. The van der Waals surface area contributed by atoms with E-state index in [1.54, 1.807) is 24.1 Å². The lowest BCUT2D eigenvalue weighted by Gasteiger charge is -2.29. The number of hydrogen-bond acceptors (Lipinski definition) is 3. The molecule has 0 aromatic heterocycles. The third kappa shape index (κ3) is 3.86. The van der Waals surface area contributed by atoms with Crippen molar-refractivity contribution in [2.24, 2.45) is 0 Å². The summed E-state index contributed by atoms with van der Waals surface area (Å²) >= 11 is 6.07. The van der Waals surface area contributed by atoms with Gasteiger partial charge in [-0.3, -0.25) is 9.69 Å². The van der Waals surface area contributed by atoms with Crippen LogP contribution in [0.1, 0.15) is 50.5 Å². The largest absolute Gasteiger partial charge is 0.326 e. The van der Waals surface area contributed by atoms with Gasteiger partial charge in [0.05, 0.1) is 6.67 Å². The summed E-state index contributed by atoms with van der Waals surface area (Å²) in [5.41, 5.74) is -0.391. The van der Waals surface area contributed by atoms with Crippen molar-refractivity contribution in [3.8, 4) is 0 Å². The molecular weight excluding hydrogens is 357 g/mol. The lowest BCUT2D eigenvalue weighted by Crippen LogP contribution is -2.48. The Morgan fingerprint density at radius 1 is 1.19 bits per heavy atom. The summed E-state index contributed by atoms with van der Waals surface area (Å²) in [6, 6.07) is 4.18. The van der Waals surface area contributed by atoms with Crippen molar-refractivity contribution in [1.82, 2.24) is 15.1 Å². The maximum atomic E-state index is 14.0. The van der Waals surface area contributed by atoms with Crippen LogP contribution in [0, 0.1) is 5.82 Å². The molecule has 1 spiro atoms. The van der Waals surface area contributed by atoms with E-state index < -0.39 is 11.4 Å². The van der Waals surface area contributed by atoms with E-state index in [-0.39, 0.29) is 25.2 Å². The molecule has 1 heterocycles. The summed E-state index contributed by atoms with van der Waals surface area (Å²) in [6.45, 7) is 0.326. The van der Waals surface area contributed by atoms with Gasteiger partial charge in [-0.2, -0.15) is 0 Å². The Kier molecular flexibility index (Phi) is 5.82. The first-order valence-electron chi connectivity index (χ1n) is 9.18. The lowest BCUT2D eigenvalue weighted by molar-refractivity contribution is -0.133. The topological polar surface area (TPSA) is 52.6 Å². The van der Waals surface area contributed by atoms with Gasteiger partial charge in [-0.05, 0) is 32.0 Å². The number of carbonyl (C=O) groups is 2. The fraction of sp³-hybridized carbons (Fsp3) is 0.579. The maximum Gasteiger partial charge on any atom is 0.326 e. The van der Waals surface area contributed by atoms with Gasteiger partial charge in [0.15, 0.2) is 0 Å². The average molecular weight is 382 g/mol. The zero-order valence-electron chi connectivity index (χ0n) is 15.1. The zero-order chi connectivity index (χ0) is 18.7. The van der Waals surface area contributed by atoms with Crippen LogP contribution >= 0.6 is 11.6 Å². The van der Waals surface area contributed by atoms with Crippen LogP contribution in [0.25, 0.3) is 0 Å². The molecule has 26 heavy (non-hydrogen) atoms. The minimum absolute atomic E-state index is 0.108. The highest BCUT2D eigenvalue weighted by atomic mass is 35.5. The fourth-order valence-corrected chi connectivity index (χ4v) is 4.12. The first kappa shape index (κ1) is 19.1. The van der Waals surface area contributed by atoms with Crippen LogP contribution in [-0.2, 0) is 11.3 Å². The fourth-order valence-electron chi connectivity index (χ4n) is 3.90. The van der Waals surface area contributed by atoms with E-state index in [1.165, 1.54) is 17.4 Å². The van der Waals surface area contributed by atoms with Crippen molar-refractivity contribution in [2.45, 2.75) is 57.0 Å². The van der Waals surface area contributed by atoms with Crippen molar-refractivity contribution in [2.75, 3.05) is 13.7 Å². The van der Waals surface area contributed by atoms with E-state index in [2.05, 4.69) is 5.32 Å². The molecule has 3 rings (SSSR count). The molecule has 5 nitrogen and oxygen atoms in total. The molecule has 2 aliphatic rings. The normalized spacial score (nSPS) is 20.4. The van der Waals surface area contributed by atoms with Gasteiger partial charge in [-0.1, -0.05) is 49.8 Å². The first-order chi connectivity index (χ1) is 12.4. The third-order valence-electron chi connectivity index (χ3n) is 5.33. The molecule has 1 saturated heterocycles. The van der Waals surface area contributed by atoms with Crippen LogP contribution in [0.5, 0.6) is 0 Å². The predicted octanol–water partition coefficient (Wildman–Crippen LogP) is 3.90. The molecular formula is C19H25ClFN3O2. The number of carbonyl (C=O) groups excluding carboxylic acids is 2. The number of amides is 3. The number of nitrogens with one attached hydrogen (secondary N) is 1.